The first-order valence-corrected chi connectivity index (χ1v) is 12.9. The molecular formula is C24H33BrO5. The van der Waals surface area contributed by atoms with Gasteiger partial charge in [-0.2, -0.15) is 0 Å². The largest absolute Gasteiger partial charge is 0.347 e. The summed E-state index contributed by atoms with van der Waals surface area (Å²) in [6.45, 7) is 8.12. The van der Waals surface area contributed by atoms with E-state index >= 15 is 0 Å². The topological polar surface area (TPSA) is 46.2 Å². The van der Waals surface area contributed by atoms with Gasteiger partial charge in [0.25, 0.3) is 6.48 Å². The molecule has 6 heteroatoms. The second kappa shape index (κ2) is 6.12. The zero-order chi connectivity index (χ0) is 20.5. The second-order valence-electron chi connectivity index (χ2n) is 11.3. The molecular weight excluding hydrogens is 448 g/mol. The van der Waals surface area contributed by atoms with Crippen LogP contribution in [0.4, 0.5) is 0 Å². The van der Waals surface area contributed by atoms with E-state index in [1.807, 2.05) is 0 Å². The molecule has 8 aliphatic rings. The fourth-order valence-electron chi connectivity index (χ4n) is 8.97. The lowest BCUT2D eigenvalue weighted by Gasteiger charge is -2.62. The van der Waals surface area contributed by atoms with Crippen LogP contribution in [0.25, 0.3) is 0 Å². The number of hydrogen-bond acceptors (Lipinski definition) is 5. The fourth-order valence-corrected chi connectivity index (χ4v) is 10.5. The second-order valence-corrected chi connectivity index (χ2v) is 12.3. The Morgan fingerprint density at radius 2 is 1.87 bits per heavy atom. The molecule has 0 radical (unpaired) electrons. The molecule has 6 unspecified atom stereocenters. The highest BCUT2D eigenvalue weighted by Crippen LogP contribution is 2.67. The van der Waals surface area contributed by atoms with Gasteiger partial charge in [0.1, 0.15) is 0 Å². The van der Waals surface area contributed by atoms with Gasteiger partial charge in [0.15, 0.2) is 5.79 Å². The van der Waals surface area contributed by atoms with Gasteiger partial charge in [-0.15, -0.1) is 0 Å². The van der Waals surface area contributed by atoms with Crippen LogP contribution in [0.2, 0.25) is 0 Å². The molecule has 4 aliphatic heterocycles. The summed E-state index contributed by atoms with van der Waals surface area (Å²) in [5.74, 6) is 1.58. The van der Waals surface area contributed by atoms with Crippen molar-refractivity contribution in [3.05, 3.63) is 11.1 Å². The molecule has 0 N–H and O–H groups in total. The van der Waals surface area contributed by atoms with Crippen LogP contribution in [-0.2, 0) is 23.7 Å². The van der Waals surface area contributed by atoms with Crippen LogP contribution in [0.3, 0.4) is 0 Å². The molecule has 2 spiro atoms. The van der Waals surface area contributed by atoms with Crippen molar-refractivity contribution in [3.8, 4) is 0 Å². The summed E-state index contributed by atoms with van der Waals surface area (Å²) in [7, 11) is 0. The van der Waals surface area contributed by atoms with Gasteiger partial charge < -0.3 is 23.7 Å². The smallest absolute Gasteiger partial charge is 0.272 e. The summed E-state index contributed by atoms with van der Waals surface area (Å²) in [5, 5.41) is 0. The molecule has 3 saturated carbocycles. The van der Waals surface area contributed by atoms with Gasteiger partial charge in [-0.1, -0.05) is 40.9 Å². The lowest BCUT2D eigenvalue weighted by Crippen LogP contribution is -2.71. The lowest BCUT2D eigenvalue weighted by molar-refractivity contribution is -0.478. The minimum absolute atomic E-state index is 0.0621. The van der Waals surface area contributed by atoms with E-state index in [0.717, 1.165) is 38.9 Å². The maximum Gasteiger partial charge on any atom is 0.272 e. The number of alkyl halides is 1. The van der Waals surface area contributed by atoms with Crippen molar-refractivity contribution in [1.82, 2.24) is 0 Å². The van der Waals surface area contributed by atoms with Crippen LogP contribution in [0.1, 0.15) is 59.3 Å². The third kappa shape index (κ3) is 2.17. The molecule has 4 heterocycles. The average Bonchev–Trinajstić information content (AvgIpc) is 3.26. The Labute approximate surface area is 187 Å². The first-order chi connectivity index (χ1) is 14.4. The van der Waals surface area contributed by atoms with Gasteiger partial charge in [-0.25, -0.2) is 0 Å². The van der Waals surface area contributed by atoms with E-state index in [0.29, 0.717) is 28.5 Å². The summed E-state index contributed by atoms with van der Waals surface area (Å²) in [6.07, 6.45) is 7.08. The standard InChI is InChI=1S/C24H33BrO5/c1-12-10-22(3)15(5-7-24(22)26-8-9-27-24)14-4-6-23-11-16-13(2)20(29-21(28-16)30-23)18(23)19(25)17(12)14/h13-16,18-21H,4-11H2,1-3H3/t13?,14-,15-,16?,18?,19+,20?,21?,22-,23?/m0/s1. The zero-order valence-corrected chi connectivity index (χ0v) is 19.8. The van der Waals surface area contributed by atoms with E-state index < -0.39 is 6.48 Å². The molecule has 4 aliphatic carbocycles. The monoisotopic (exact) mass is 480 g/mol. The van der Waals surface area contributed by atoms with E-state index in [1.165, 1.54) is 18.4 Å². The number of rotatable bonds is 0. The third-order valence-electron chi connectivity index (χ3n) is 10.2. The SMILES string of the molecule is CC1=C2[C@@H](Br)C3C4OC5OC(CC3(CC[C@H]2[C@@H]2CCC3(OCCO3)[C@@]2(C)C1)O5)C4C. The van der Waals surface area contributed by atoms with Gasteiger partial charge in [-0.05, 0) is 44.4 Å². The molecule has 166 valence electrons. The Hall–Kier alpha value is 0.0200. The highest BCUT2D eigenvalue weighted by molar-refractivity contribution is 9.09. The number of ether oxygens (including phenoxy) is 5. The average molecular weight is 481 g/mol. The lowest BCUT2D eigenvalue weighted by atomic mass is 9.59. The Morgan fingerprint density at radius 1 is 1.07 bits per heavy atom. The Morgan fingerprint density at radius 3 is 2.67 bits per heavy atom. The first-order valence-electron chi connectivity index (χ1n) is 12.0. The molecule has 4 saturated heterocycles. The number of allylic oxidation sites excluding steroid dienone is 2. The van der Waals surface area contributed by atoms with Crippen molar-refractivity contribution < 1.29 is 23.7 Å². The predicted molar refractivity (Wildman–Crippen MR) is 113 cm³/mol. The van der Waals surface area contributed by atoms with Crippen LogP contribution in [0.15, 0.2) is 11.1 Å². The molecule has 0 amide bonds. The van der Waals surface area contributed by atoms with Gasteiger partial charge in [0.2, 0.25) is 0 Å². The minimum Gasteiger partial charge on any atom is -0.347 e. The van der Waals surface area contributed by atoms with Crippen molar-refractivity contribution in [2.24, 2.45) is 29.1 Å². The molecule has 4 bridgehead atoms. The quantitative estimate of drug-likeness (QED) is 0.376. The molecule has 0 aromatic rings. The highest BCUT2D eigenvalue weighted by Gasteiger charge is 2.69. The third-order valence-corrected chi connectivity index (χ3v) is 11.3. The first kappa shape index (κ1) is 19.5. The molecule has 8 rings (SSSR count). The van der Waals surface area contributed by atoms with Gasteiger partial charge >= 0.3 is 0 Å². The Kier molecular flexibility index (Phi) is 3.97. The summed E-state index contributed by atoms with van der Waals surface area (Å²) < 4.78 is 31.5. The van der Waals surface area contributed by atoms with Gasteiger partial charge in [-0.3, -0.25) is 0 Å². The summed E-state index contributed by atoms with van der Waals surface area (Å²) >= 11 is 4.24. The Bertz CT molecular complexity index is 807. The van der Waals surface area contributed by atoms with Gasteiger partial charge in [0.05, 0.1) is 31.0 Å². The van der Waals surface area contributed by atoms with Crippen LogP contribution in [0.5, 0.6) is 0 Å². The molecule has 5 nitrogen and oxygen atoms in total. The molecule has 7 fully saturated rings. The molecule has 0 aromatic carbocycles. The Balaban J connectivity index is 1.32. The number of fused-ring (bicyclic) bond motifs is 4. The minimum atomic E-state index is -0.462. The summed E-state index contributed by atoms with van der Waals surface area (Å²) in [5.41, 5.74) is 3.12. The van der Waals surface area contributed by atoms with E-state index in [9.17, 15) is 0 Å². The van der Waals surface area contributed by atoms with Crippen molar-refractivity contribution >= 4 is 15.9 Å². The van der Waals surface area contributed by atoms with E-state index in [4.69, 9.17) is 23.7 Å². The van der Waals surface area contributed by atoms with Crippen LogP contribution >= 0.6 is 15.9 Å². The van der Waals surface area contributed by atoms with Crippen LogP contribution in [-0.4, -0.2) is 48.1 Å². The normalized spacial score (nSPS) is 58.0. The maximum atomic E-state index is 6.54. The van der Waals surface area contributed by atoms with Crippen molar-refractivity contribution in [2.45, 2.75) is 94.2 Å². The summed E-state index contributed by atoms with van der Waals surface area (Å²) in [4.78, 5) is 0.309. The molecule has 10 atom stereocenters. The van der Waals surface area contributed by atoms with Gasteiger partial charge in [0, 0.05) is 34.9 Å². The number of halogens is 1. The van der Waals surface area contributed by atoms with E-state index in [1.54, 1.807) is 5.57 Å². The number of hydrogen-bond donors (Lipinski definition) is 0. The van der Waals surface area contributed by atoms with Crippen LogP contribution in [0, 0.1) is 29.1 Å². The van der Waals surface area contributed by atoms with E-state index in [2.05, 4.69) is 36.7 Å². The van der Waals surface area contributed by atoms with Crippen molar-refractivity contribution in [2.75, 3.05) is 13.2 Å². The van der Waals surface area contributed by atoms with Crippen molar-refractivity contribution in [1.29, 1.82) is 0 Å². The zero-order valence-electron chi connectivity index (χ0n) is 18.2. The predicted octanol–water partition coefficient (Wildman–Crippen LogP) is 4.53. The highest BCUT2D eigenvalue weighted by atomic mass is 79.9. The van der Waals surface area contributed by atoms with E-state index in [-0.39, 0.29) is 29.0 Å². The molecule has 30 heavy (non-hydrogen) atoms. The maximum absolute atomic E-state index is 6.54. The van der Waals surface area contributed by atoms with Crippen LogP contribution < -0.4 is 0 Å². The molecule has 0 aromatic heterocycles. The summed E-state index contributed by atoms with van der Waals surface area (Å²) in [6, 6.07) is 0. The van der Waals surface area contributed by atoms with Crippen molar-refractivity contribution in [3.63, 3.8) is 0 Å². The fraction of sp³-hybridized carbons (Fsp3) is 0.917.